The van der Waals surface area contributed by atoms with Gasteiger partial charge in [0.15, 0.2) is 0 Å². The zero-order valence-corrected chi connectivity index (χ0v) is 10.6. The van der Waals surface area contributed by atoms with Crippen molar-refractivity contribution in [2.45, 2.75) is 6.54 Å². The molecule has 0 spiro atoms. The van der Waals surface area contributed by atoms with Gasteiger partial charge in [0.25, 0.3) is 0 Å². The lowest BCUT2D eigenvalue weighted by molar-refractivity contribution is -0.255. The molecule has 102 valence electrons. The van der Waals surface area contributed by atoms with Gasteiger partial charge in [-0.3, -0.25) is 9.47 Å². The number of methoxy groups -OCH3 is 1. The fourth-order valence-corrected chi connectivity index (χ4v) is 2.23. The van der Waals surface area contributed by atoms with E-state index in [1.54, 1.807) is 28.8 Å². The average Bonchev–Trinajstić information content (AvgIpc) is 2.90. The molecule has 0 saturated heterocycles. The summed E-state index contributed by atoms with van der Waals surface area (Å²) < 4.78 is 6.38. The van der Waals surface area contributed by atoms with E-state index >= 15 is 0 Å². The number of aromatic carboxylic acids is 1. The van der Waals surface area contributed by atoms with Crippen LogP contribution in [0.25, 0.3) is 5.69 Å². The minimum Gasteiger partial charge on any atom is -0.543 e. The first-order valence-electron chi connectivity index (χ1n) is 5.86. The van der Waals surface area contributed by atoms with Crippen LogP contribution in [0.3, 0.4) is 0 Å². The van der Waals surface area contributed by atoms with E-state index in [9.17, 15) is 14.7 Å². The second kappa shape index (κ2) is 4.37. The van der Waals surface area contributed by atoms with Crippen molar-refractivity contribution in [1.82, 2.24) is 9.55 Å². The van der Waals surface area contributed by atoms with E-state index in [1.807, 2.05) is 0 Å². The van der Waals surface area contributed by atoms with Crippen molar-refractivity contribution in [2.24, 2.45) is 0 Å². The number of benzene rings is 1. The number of anilines is 1. The molecule has 0 radical (unpaired) electrons. The SMILES string of the molecule is COC(=O)N1Cc2nc(C(=O)[O-])cn2-c2ccccc21. The summed E-state index contributed by atoms with van der Waals surface area (Å²) in [5, 5.41) is 10.9. The van der Waals surface area contributed by atoms with Crippen LogP contribution in [0.5, 0.6) is 0 Å². The molecule has 3 rings (SSSR count). The summed E-state index contributed by atoms with van der Waals surface area (Å²) in [5.74, 6) is -0.915. The van der Waals surface area contributed by atoms with Crippen LogP contribution in [-0.4, -0.2) is 28.7 Å². The van der Waals surface area contributed by atoms with Gasteiger partial charge in [-0.2, -0.15) is 0 Å². The van der Waals surface area contributed by atoms with Gasteiger partial charge in [-0.15, -0.1) is 0 Å². The fourth-order valence-electron chi connectivity index (χ4n) is 2.23. The molecule has 0 unspecified atom stereocenters. The largest absolute Gasteiger partial charge is 0.543 e. The molecule has 2 aromatic rings. The van der Waals surface area contributed by atoms with Crippen molar-refractivity contribution in [3.8, 4) is 5.69 Å². The summed E-state index contributed by atoms with van der Waals surface area (Å²) in [6.07, 6.45) is 0.861. The van der Waals surface area contributed by atoms with Gasteiger partial charge in [-0.25, -0.2) is 9.78 Å². The summed E-state index contributed by atoms with van der Waals surface area (Å²) in [5.41, 5.74) is 1.13. The number of carbonyl (C=O) groups excluding carboxylic acids is 2. The lowest BCUT2D eigenvalue weighted by atomic mass is 10.2. The molecule has 0 bridgehead atoms. The zero-order chi connectivity index (χ0) is 14.3. The third kappa shape index (κ3) is 1.71. The van der Waals surface area contributed by atoms with Gasteiger partial charge in [-0.1, -0.05) is 12.1 Å². The number of carbonyl (C=O) groups is 2. The summed E-state index contributed by atoms with van der Waals surface area (Å²) in [6.45, 7) is 0.136. The molecule has 0 saturated carbocycles. The number of carboxylic acid groups (broad SMARTS) is 1. The number of ether oxygens (including phenoxy) is 1. The number of aromatic nitrogens is 2. The van der Waals surface area contributed by atoms with Crippen molar-refractivity contribution in [1.29, 1.82) is 0 Å². The Morgan fingerprint density at radius 2 is 2.00 bits per heavy atom. The molecule has 20 heavy (non-hydrogen) atoms. The Kier molecular flexibility index (Phi) is 2.67. The molecular formula is C13H10N3O4-. The highest BCUT2D eigenvalue weighted by Crippen LogP contribution is 2.32. The number of fused-ring (bicyclic) bond motifs is 3. The Morgan fingerprint density at radius 3 is 2.65 bits per heavy atom. The summed E-state index contributed by atoms with van der Waals surface area (Å²) in [6, 6.07) is 7.11. The lowest BCUT2D eigenvalue weighted by Crippen LogP contribution is -2.35. The Bertz CT molecular complexity index is 707. The molecule has 0 aliphatic carbocycles. The molecule has 0 fully saturated rings. The molecule has 2 heterocycles. The van der Waals surface area contributed by atoms with Crippen molar-refractivity contribution in [3.05, 3.63) is 42.0 Å². The van der Waals surface area contributed by atoms with Crippen LogP contribution in [0.15, 0.2) is 30.5 Å². The monoisotopic (exact) mass is 272 g/mol. The molecule has 0 N–H and O–H groups in total. The lowest BCUT2D eigenvalue weighted by Gasteiger charge is -2.28. The van der Waals surface area contributed by atoms with Crippen molar-refractivity contribution >= 4 is 17.7 Å². The predicted molar refractivity (Wildman–Crippen MR) is 66.5 cm³/mol. The number of amides is 1. The predicted octanol–water partition coefficient (Wildman–Crippen LogP) is 0.322. The Hall–Kier alpha value is -2.83. The Morgan fingerprint density at radius 1 is 1.30 bits per heavy atom. The zero-order valence-electron chi connectivity index (χ0n) is 10.6. The number of hydrogen-bond acceptors (Lipinski definition) is 5. The van der Waals surface area contributed by atoms with Crippen molar-refractivity contribution in [2.75, 3.05) is 12.0 Å². The Balaban J connectivity index is 2.17. The molecule has 1 amide bonds. The van der Waals surface area contributed by atoms with Gasteiger partial charge in [0.05, 0.1) is 31.0 Å². The van der Waals surface area contributed by atoms with Gasteiger partial charge in [0.1, 0.15) is 11.5 Å². The molecule has 1 aliphatic rings. The topological polar surface area (TPSA) is 87.5 Å². The van der Waals surface area contributed by atoms with Gasteiger partial charge in [0, 0.05) is 6.20 Å². The minimum absolute atomic E-state index is 0.136. The van der Waals surface area contributed by atoms with E-state index in [0.717, 1.165) is 0 Å². The molecule has 1 aromatic carbocycles. The van der Waals surface area contributed by atoms with Crippen LogP contribution in [0.2, 0.25) is 0 Å². The van der Waals surface area contributed by atoms with Crippen LogP contribution in [0, 0.1) is 0 Å². The summed E-state index contributed by atoms with van der Waals surface area (Å²) >= 11 is 0. The number of carboxylic acids is 1. The maximum absolute atomic E-state index is 11.8. The second-order valence-electron chi connectivity index (χ2n) is 4.24. The van der Waals surface area contributed by atoms with Crippen LogP contribution in [0.1, 0.15) is 16.3 Å². The van der Waals surface area contributed by atoms with Gasteiger partial charge < -0.3 is 14.6 Å². The number of rotatable bonds is 1. The third-order valence-corrected chi connectivity index (χ3v) is 3.11. The smallest absolute Gasteiger partial charge is 0.414 e. The van der Waals surface area contributed by atoms with Crippen LogP contribution in [0.4, 0.5) is 10.5 Å². The highest BCUT2D eigenvalue weighted by molar-refractivity contribution is 5.91. The number of imidazole rings is 1. The van der Waals surface area contributed by atoms with Gasteiger partial charge in [-0.05, 0) is 12.1 Å². The first-order valence-corrected chi connectivity index (χ1v) is 5.86. The van der Waals surface area contributed by atoms with Crippen molar-refractivity contribution in [3.63, 3.8) is 0 Å². The normalized spacial score (nSPS) is 12.6. The first kappa shape index (κ1) is 12.2. The highest BCUT2D eigenvalue weighted by Gasteiger charge is 2.28. The van der Waals surface area contributed by atoms with E-state index < -0.39 is 12.1 Å². The molecule has 1 aliphatic heterocycles. The molecular weight excluding hydrogens is 262 g/mol. The maximum atomic E-state index is 11.8. The fraction of sp³-hybridized carbons (Fsp3) is 0.154. The molecule has 7 nitrogen and oxygen atoms in total. The van der Waals surface area contributed by atoms with E-state index in [2.05, 4.69) is 4.98 Å². The van der Waals surface area contributed by atoms with E-state index in [1.165, 1.54) is 18.2 Å². The Labute approximate surface area is 114 Å². The quantitative estimate of drug-likeness (QED) is 0.746. The standard InChI is InChI=1S/C13H11N3O4/c1-20-13(19)16-7-11-14-8(12(17)18)6-15(11)9-4-2-3-5-10(9)16/h2-6H,7H2,1H3,(H,17,18)/p-1. The second-order valence-corrected chi connectivity index (χ2v) is 4.24. The van der Waals surface area contributed by atoms with Crippen LogP contribution < -0.4 is 10.0 Å². The summed E-state index contributed by atoms with van der Waals surface area (Å²) in [4.78, 5) is 28.1. The van der Waals surface area contributed by atoms with Gasteiger partial charge >= 0.3 is 6.09 Å². The van der Waals surface area contributed by atoms with Gasteiger partial charge in [0.2, 0.25) is 0 Å². The molecule has 1 aromatic heterocycles. The number of para-hydroxylation sites is 2. The first-order chi connectivity index (χ1) is 9.61. The third-order valence-electron chi connectivity index (χ3n) is 3.11. The minimum atomic E-state index is -1.35. The van der Waals surface area contributed by atoms with Crippen LogP contribution in [-0.2, 0) is 11.3 Å². The van der Waals surface area contributed by atoms with E-state index in [4.69, 9.17) is 4.74 Å². The van der Waals surface area contributed by atoms with E-state index in [0.29, 0.717) is 17.2 Å². The summed E-state index contributed by atoms with van der Waals surface area (Å²) in [7, 11) is 1.29. The van der Waals surface area contributed by atoms with E-state index in [-0.39, 0.29) is 12.2 Å². The van der Waals surface area contributed by atoms with Crippen molar-refractivity contribution < 1.29 is 19.4 Å². The number of hydrogen-bond donors (Lipinski definition) is 0. The molecule has 7 heteroatoms. The average molecular weight is 272 g/mol. The maximum Gasteiger partial charge on any atom is 0.414 e. The van der Waals surface area contributed by atoms with Crippen LogP contribution >= 0.6 is 0 Å². The highest BCUT2D eigenvalue weighted by atomic mass is 16.5. The number of nitrogens with zero attached hydrogens (tertiary/aromatic N) is 3. The molecule has 0 atom stereocenters.